The molecule has 0 N–H and O–H groups in total. The topological polar surface area (TPSA) is 43.6 Å². The number of aromatic nitrogens is 4. The zero-order chi connectivity index (χ0) is 38.9. The summed E-state index contributed by atoms with van der Waals surface area (Å²) in [4.78, 5) is 15.8. The SMILES string of the molecule is c1ccc(-c2nc(-c3ccccc3)nc(-c3c(-c4cccc5ccccc45)cc(-n4c5cc6ccccc6cc5c5ccc6ccccc6c54)c4ccccc34)n2)cc1. The molecular weight excluding hydrogens is 717 g/mol. The molecule has 0 fully saturated rings. The van der Waals surface area contributed by atoms with E-state index in [2.05, 4.69) is 174 Å². The Bertz CT molecular complexity index is 3540. The Morgan fingerprint density at radius 3 is 1.53 bits per heavy atom. The first-order valence-electron chi connectivity index (χ1n) is 20.0. The number of fused-ring (bicyclic) bond motifs is 8. The van der Waals surface area contributed by atoms with Gasteiger partial charge in [-0.05, 0) is 61.6 Å². The van der Waals surface area contributed by atoms with Crippen LogP contribution in [0.25, 0.3) is 116 Å². The highest BCUT2D eigenvalue weighted by Gasteiger charge is 2.24. The largest absolute Gasteiger partial charge is 0.308 e. The smallest absolute Gasteiger partial charge is 0.165 e. The molecule has 0 amide bonds. The average molecular weight is 751 g/mol. The van der Waals surface area contributed by atoms with Gasteiger partial charge in [0.1, 0.15) is 0 Å². The molecule has 59 heavy (non-hydrogen) atoms. The van der Waals surface area contributed by atoms with Crippen LogP contribution in [0.3, 0.4) is 0 Å². The molecule has 0 atom stereocenters. The van der Waals surface area contributed by atoms with E-state index >= 15 is 0 Å². The maximum Gasteiger partial charge on any atom is 0.165 e. The van der Waals surface area contributed by atoms with E-state index in [-0.39, 0.29) is 0 Å². The van der Waals surface area contributed by atoms with E-state index in [4.69, 9.17) is 15.0 Å². The van der Waals surface area contributed by atoms with E-state index < -0.39 is 0 Å². The summed E-state index contributed by atoms with van der Waals surface area (Å²) in [5.74, 6) is 1.89. The Morgan fingerprint density at radius 2 is 0.831 bits per heavy atom. The summed E-state index contributed by atoms with van der Waals surface area (Å²) in [6, 6.07) is 73.6. The second kappa shape index (κ2) is 13.3. The van der Waals surface area contributed by atoms with Crippen molar-refractivity contribution in [3.8, 4) is 51.0 Å². The molecule has 12 rings (SSSR count). The first-order valence-corrected chi connectivity index (χ1v) is 20.0. The van der Waals surface area contributed by atoms with E-state index in [1.807, 2.05) is 36.4 Å². The maximum absolute atomic E-state index is 5.35. The fraction of sp³-hybridized carbons (Fsp3) is 0. The Balaban J connectivity index is 1.27. The summed E-state index contributed by atoms with van der Waals surface area (Å²) in [6.45, 7) is 0. The van der Waals surface area contributed by atoms with Crippen LogP contribution in [-0.4, -0.2) is 19.5 Å². The van der Waals surface area contributed by atoms with Crippen molar-refractivity contribution >= 4 is 64.9 Å². The molecule has 0 aliphatic rings. The van der Waals surface area contributed by atoms with Gasteiger partial charge < -0.3 is 4.57 Å². The van der Waals surface area contributed by atoms with Gasteiger partial charge in [0, 0.05) is 38.2 Å². The quantitative estimate of drug-likeness (QED) is 0.176. The summed E-state index contributed by atoms with van der Waals surface area (Å²) in [5, 5.41) is 11.8. The van der Waals surface area contributed by atoms with Crippen LogP contribution in [0.4, 0.5) is 0 Å². The van der Waals surface area contributed by atoms with Crippen molar-refractivity contribution in [2.24, 2.45) is 0 Å². The lowest BCUT2D eigenvalue weighted by atomic mass is 9.89. The summed E-state index contributed by atoms with van der Waals surface area (Å²) < 4.78 is 2.51. The molecule has 10 aromatic carbocycles. The van der Waals surface area contributed by atoms with E-state index in [1.54, 1.807) is 0 Å². The van der Waals surface area contributed by atoms with Crippen molar-refractivity contribution in [1.82, 2.24) is 19.5 Å². The normalized spacial score (nSPS) is 11.7. The third-order valence-electron chi connectivity index (χ3n) is 11.8. The van der Waals surface area contributed by atoms with Gasteiger partial charge in [-0.2, -0.15) is 0 Å². The van der Waals surface area contributed by atoms with Crippen molar-refractivity contribution in [2.75, 3.05) is 0 Å². The second-order valence-corrected chi connectivity index (χ2v) is 15.2. The third-order valence-corrected chi connectivity index (χ3v) is 11.8. The van der Waals surface area contributed by atoms with Gasteiger partial charge >= 0.3 is 0 Å². The molecule has 2 aromatic heterocycles. The number of rotatable bonds is 5. The zero-order valence-electron chi connectivity index (χ0n) is 31.9. The van der Waals surface area contributed by atoms with E-state index in [0.29, 0.717) is 17.5 Å². The second-order valence-electron chi connectivity index (χ2n) is 15.2. The van der Waals surface area contributed by atoms with Crippen LogP contribution in [0.15, 0.2) is 206 Å². The number of hydrogen-bond donors (Lipinski definition) is 0. The number of hydrogen-bond acceptors (Lipinski definition) is 3. The van der Waals surface area contributed by atoms with Crippen molar-refractivity contribution in [3.63, 3.8) is 0 Å². The Morgan fingerprint density at radius 1 is 0.305 bits per heavy atom. The highest BCUT2D eigenvalue weighted by Crippen LogP contribution is 2.46. The summed E-state index contributed by atoms with van der Waals surface area (Å²) >= 11 is 0. The van der Waals surface area contributed by atoms with E-state index in [0.717, 1.165) is 55.2 Å². The Hall–Kier alpha value is -7.95. The first kappa shape index (κ1) is 33.2. The van der Waals surface area contributed by atoms with Gasteiger partial charge in [0.05, 0.1) is 16.7 Å². The summed E-state index contributed by atoms with van der Waals surface area (Å²) in [7, 11) is 0. The maximum atomic E-state index is 5.35. The molecular formula is C55H34N4. The molecule has 0 aliphatic heterocycles. The average Bonchev–Trinajstić information content (AvgIpc) is 3.63. The fourth-order valence-corrected chi connectivity index (χ4v) is 9.09. The Kier molecular flexibility index (Phi) is 7.50. The predicted octanol–water partition coefficient (Wildman–Crippen LogP) is 14.2. The third kappa shape index (κ3) is 5.34. The van der Waals surface area contributed by atoms with Gasteiger partial charge in [0.2, 0.25) is 0 Å². The standard InChI is InChI=1S/C55H34N4/c1-3-18-37(19-4-1)53-56-54(38-20-5-2-6-21-38)58-55(57-53)51-45-28-14-13-27-44(45)50(34-48(51)43-29-15-24-35-16-9-11-25-41(35)43)59-49-33-40-23-8-7-22-39(40)32-47(49)46-31-30-36-17-10-12-26-42(36)52(46)59/h1-34H. The minimum absolute atomic E-state index is 0.627. The first-order chi connectivity index (χ1) is 29.3. The molecule has 0 spiro atoms. The van der Waals surface area contributed by atoms with Crippen LogP contribution in [0, 0.1) is 0 Å². The molecule has 0 unspecified atom stereocenters. The van der Waals surface area contributed by atoms with E-state index in [9.17, 15) is 0 Å². The lowest BCUT2D eigenvalue weighted by Gasteiger charge is -2.20. The van der Waals surface area contributed by atoms with Gasteiger partial charge in [0.25, 0.3) is 0 Å². The van der Waals surface area contributed by atoms with Gasteiger partial charge in [-0.1, -0.05) is 188 Å². The van der Waals surface area contributed by atoms with E-state index in [1.165, 1.54) is 43.2 Å². The van der Waals surface area contributed by atoms with Gasteiger partial charge in [0.15, 0.2) is 17.5 Å². The fourth-order valence-electron chi connectivity index (χ4n) is 9.09. The highest BCUT2D eigenvalue weighted by atomic mass is 15.0. The molecule has 0 aliphatic carbocycles. The molecule has 4 heteroatoms. The van der Waals surface area contributed by atoms with Crippen molar-refractivity contribution in [3.05, 3.63) is 206 Å². The van der Waals surface area contributed by atoms with Crippen molar-refractivity contribution in [1.29, 1.82) is 0 Å². The zero-order valence-corrected chi connectivity index (χ0v) is 31.9. The lowest BCUT2D eigenvalue weighted by molar-refractivity contribution is 1.08. The van der Waals surface area contributed by atoms with Crippen molar-refractivity contribution < 1.29 is 0 Å². The van der Waals surface area contributed by atoms with Crippen LogP contribution < -0.4 is 0 Å². The Labute approximate surface area is 340 Å². The summed E-state index contributed by atoms with van der Waals surface area (Å²) in [5.41, 5.74) is 8.45. The van der Waals surface area contributed by atoms with Crippen LogP contribution in [0.5, 0.6) is 0 Å². The molecule has 0 radical (unpaired) electrons. The lowest BCUT2D eigenvalue weighted by Crippen LogP contribution is -2.04. The van der Waals surface area contributed by atoms with Gasteiger partial charge in [-0.25, -0.2) is 15.0 Å². The minimum Gasteiger partial charge on any atom is -0.308 e. The van der Waals surface area contributed by atoms with Crippen LogP contribution in [0.2, 0.25) is 0 Å². The van der Waals surface area contributed by atoms with Crippen molar-refractivity contribution in [2.45, 2.75) is 0 Å². The molecule has 0 saturated heterocycles. The summed E-state index contributed by atoms with van der Waals surface area (Å²) in [6.07, 6.45) is 0. The monoisotopic (exact) mass is 750 g/mol. The molecule has 0 bridgehead atoms. The van der Waals surface area contributed by atoms with Gasteiger partial charge in [-0.15, -0.1) is 0 Å². The predicted molar refractivity (Wildman–Crippen MR) is 246 cm³/mol. The number of benzene rings is 10. The molecule has 0 saturated carbocycles. The van der Waals surface area contributed by atoms with Crippen LogP contribution in [0.1, 0.15) is 0 Å². The highest BCUT2D eigenvalue weighted by molar-refractivity contribution is 6.22. The van der Waals surface area contributed by atoms with Crippen LogP contribution >= 0.6 is 0 Å². The van der Waals surface area contributed by atoms with Gasteiger partial charge in [-0.3, -0.25) is 0 Å². The minimum atomic E-state index is 0.627. The number of nitrogens with zero attached hydrogens (tertiary/aromatic N) is 4. The van der Waals surface area contributed by atoms with Crippen LogP contribution in [-0.2, 0) is 0 Å². The molecule has 274 valence electrons. The molecule has 2 heterocycles. The molecule has 12 aromatic rings. The molecule has 4 nitrogen and oxygen atoms in total.